The van der Waals surface area contributed by atoms with Crippen LogP contribution in [0.4, 0.5) is 58.2 Å². The molecular weight excluding hydrogens is 1920 g/mol. The molecule has 15 aromatic rings. The first-order valence-corrected chi connectivity index (χ1v) is 54.4. The van der Waals surface area contributed by atoms with Crippen molar-refractivity contribution >= 4 is 141 Å². The average molecular weight is 2040 g/mol. The van der Waals surface area contributed by atoms with Crippen molar-refractivity contribution in [2.45, 2.75) is 148 Å². The van der Waals surface area contributed by atoms with E-state index < -0.39 is 20.0 Å². The van der Waals surface area contributed by atoms with Crippen molar-refractivity contribution in [3.05, 3.63) is 245 Å². The molecule has 34 nitrogen and oxygen atoms in total. The van der Waals surface area contributed by atoms with Gasteiger partial charge in [-0.15, -0.1) is 56.7 Å². The molecule has 12 heterocycles. The molecule has 7 aliphatic rings. The number of nitrogens with two attached hydrogens (primary N) is 2. The maximum Gasteiger partial charge on any atom is 0.238 e. The van der Waals surface area contributed by atoms with Crippen LogP contribution in [0.15, 0.2) is 150 Å². The lowest BCUT2D eigenvalue weighted by molar-refractivity contribution is -0.116. The Morgan fingerprint density at radius 1 is 0.345 bits per heavy atom. The molecule has 2 fully saturated rings. The number of primary sulfonamides is 2. The zero-order valence-electron chi connectivity index (χ0n) is 81.2. The van der Waals surface area contributed by atoms with Crippen LogP contribution in [0, 0.1) is 27.7 Å². The number of piperazine rings is 2. The highest BCUT2D eigenvalue weighted by atomic mass is 32.2. The summed E-state index contributed by atoms with van der Waals surface area (Å²) in [6.07, 6.45) is 19.5. The Hall–Kier alpha value is -12.1. The van der Waals surface area contributed by atoms with E-state index in [2.05, 4.69) is 184 Å². The average Bonchev–Trinajstić information content (AvgIpc) is 1.63. The second-order valence-electron chi connectivity index (χ2n) is 37.1. The number of sulfonamides is 2. The van der Waals surface area contributed by atoms with Crippen LogP contribution < -0.4 is 47.5 Å². The van der Waals surface area contributed by atoms with Gasteiger partial charge in [0, 0.05) is 162 Å². The number of nitrogens with zero attached hydrogens (tertiary/aromatic N) is 20. The zero-order chi connectivity index (χ0) is 99.0. The summed E-state index contributed by atoms with van der Waals surface area (Å²) in [5, 5.41) is 39.0. The third kappa shape index (κ3) is 25.5. The number of fused-ring (bicyclic) bond motifs is 15. The van der Waals surface area contributed by atoms with Gasteiger partial charge in [-0.25, -0.2) is 102 Å². The van der Waals surface area contributed by atoms with E-state index in [4.69, 9.17) is 55.1 Å². The zero-order valence-corrected chi connectivity index (χ0v) is 87.0. The van der Waals surface area contributed by atoms with E-state index in [-0.39, 0.29) is 15.6 Å². The summed E-state index contributed by atoms with van der Waals surface area (Å²) < 4.78 is 46.3. The van der Waals surface area contributed by atoms with Crippen molar-refractivity contribution in [3.63, 3.8) is 0 Å². The Balaban J connectivity index is 0.000000117. The smallest absolute Gasteiger partial charge is 0.238 e. The van der Waals surface area contributed by atoms with Crippen LogP contribution in [-0.4, -0.2) is 217 Å². The Morgan fingerprint density at radius 3 is 0.894 bits per heavy atom. The van der Waals surface area contributed by atoms with Gasteiger partial charge < -0.3 is 51.9 Å². The number of hydrogen-bond donors (Lipinski definition) is 9. The first-order chi connectivity index (χ1) is 68.3. The fraction of sp³-hybridized carbons (Fsp3) is 0.347. The molecule has 5 aromatic carbocycles. The van der Waals surface area contributed by atoms with Crippen LogP contribution in [0.3, 0.4) is 0 Å². The van der Waals surface area contributed by atoms with Gasteiger partial charge in [0.1, 0.15) is 59.3 Å². The standard InChI is InChI=1S/C22H26N6S.C21H23N5OS.C20H23N7O2S2.C20H23N5S.C18H20N6O2S2/c1-14-9-15(2)11-17(10-14)25-22-24-12-16-3-4-18-21(20(16)27-22)26-19(29-18)13-28-7-5-23-6-8-28;1-13(27)9-14-5-4-6-16(10-14)23-21-22-11-15-7-8-17-20(19(15)25-21)24-18(28-17)12-26(2)3;21-31(28,29)15-3-1-2-14(10-15)24-20-23-11-13-4-5-16-19(18(13)26-20)25-17(30-16)12-27-8-6-22-7-9-27;1-12-7-13(2)9-15(8-12)22-20-21-10-14-5-6-16-19(18(14)24-20)23-17(26-16)11-25(3)4;1-24(2)10-15-22-17-14(27-15)7-6-11-9-20-18(23-16(11)17)21-12-4-3-5-13(8-12)28(19,25)26/h9-12,23H,3-8,13H2,1-2H3,(H,24,25,27);4-6,10-11H,7-9,12H2,1-3H3,(H,22,23,25);1-3,10-11,22H,4-9,12H2,(H2,21,28,29)(H,23,24,26);7-10H,5-6,11H2,1-4H3,(H,21,22,24);3-5,8-9H,6-7,10H2,1-2H3,(H2,19,25,26)(H,20,21,23). The lowest BCUT2D eigenvalue weighted by Gasteiger charge is -2.26. The number of thiazole rings is 5. The van der Waals surface area contributed by atoms with Gasteiger partial charge in [0.15, 0.2) is 0 Å². The predicted octanol–water partition coefficient (Wildman–Crippen LogP) is 14.9. The summed E-state index contributed by atoms with van der Waals surface area (Å²) in [6.45, 7) is 22.7. The lowest BCUT2D eigenvalue weighted by atomic mass is 10.00. The monoisotopic (exact) mass is 2040 g/mol. The van der Waals surface area contributed by atoms with Gasteiger partial charge in [-0.2, -0.15) is 0 Å². The Labute approximate surface area is 847 Å². The van der Waals surface area contributed by atoms with Crippen molar-refractivity contribution < 1.29 is 21.6 Å². The molecule has 0 radical (unpaired) electrons. The van der Waals surface area contributed by atoms with E-state index in [1.165, 1.54) is 87.0 Å². The summed E-state index contributed by atoms with van der Waals surface area (Å²) in [5.74, 6) is 2.75. The van der Waals surface area contributed by atoms with Gasteiger partial charge in [0.05, 0.1) is 51.4 Å². The number of nitrogens with one attached hydrogen (secondary N) is 7. The molecule has 11 N–H and O–H groups in total. The minimum absolute atomic E-state index is 0.0329. The number of rotatable bonds is 24. The van der Waals surface area contributed by atoms with Crippen molar-refractivity contribution in [1.29, 1.82) is 0 Å². The molecule has 5 aliphatic carbocycles. The van der Waals surface area contributed by atoms with Gasteiger partial charge >= 0.3 is 0 Å². The summed E-state index contributed by atoms with van der Waals surface area (Å²) >= 11 is 8.94. The first-order valence-electron chi connectivity index (χ1n) is 47.2. The van der Waals surface area contributed by atoms with E-state index in [0.29, 0.717) is 47.5 Å². The quantitative estimate of drug-likeness (QED) is 0.0271. The second-order valence-corrected chi connectivity index (χ2v) is 46.1. The van der Waals surface area contributed by atoms with E-state index in [1.54, 1.807) is 65.2 Å². The first kappa shape index (κ1) is 100.0. The van der Waals surface area contributed by atoms with Crippen LogP contribution in [0.25, 0.3) is 56.9 Å². The molecule has 2 aliphatic heterocycles. The Morgan fingerprint density at radius 2 is 0.613 bits per heavy atom. The Kier molecular flexibility index (Phi) is 31.2. The van der Waals surface area contributed by atoms with Gasteiger partial charge in [-0.05, 0) is 270 Å². The van der Waals surface area contributed by atoms with Crippen molar-refractivity contribution in [3.8, 4) is 56.9 Å². The molecular formula is C101H115N29O5S7. The molecule has 0 unspecified atom stereocenters. The number of Topliss-reactive ketones (excluding diaryl/α,β-unsaturated/α-hetero) is 1. The van der Waals surface area contributed by atoms with E-state index in [9.17, 15) is 21.6 Å². The summed E-state index contributed by atoms with van der Waals surface area (Å²) in [5.41, 5.74) is 25.1. The second kappa shape index (κ2) is 44.4. The van der Waals surface area contributed by atoms with Crippen LogP contribution in [0.2, 0.25) is 0 Å². The van der Waals surface area contributed by atoms with Gasteiger partial charge in [0.25, 0.3) is 0 Å². The van der Waals surface area contributed by atoms with Crippen LogP contribution in [0.5, 0.6) is 0 Å². The van der Waals surface area contributed by atoms with Crippen LogP contribution >= 0.6 is 56.7 Å². The van der Waals surface area contributed by atoms with Crippen molar-refractivity contribution in [1.82, 2.24) is 110 Å². The third-order valence-electron chi connectivity index (χ3n) is 24.2. The molecule has 0 amide bonds. The highest BCUT2D eigenvalue weighted by Gasteiger charge is 2.32. The van der Waals surface area contributed by atoms with Gasteiger partial charge in [0.2, 0.25) is 49.8 Å². The lowest BCUT2D eigenvalue weighted by Crippen LogP contribution is -2.42. The normalized spacial score (nSPS) is 14.4. The largest absolute Gasteiger partial charge is 0.324 e. The minimum Gasteiger partial charge on any atom is -0.324 e. The highest BCUT2D eigenvalue weighted by Crippen LogP contribution is 2.43. The third-order valence-corrected chi connectivity index (χ3v) is 31.5. The summed E-state index contributed by atoms with van der Waals surface area (Å²) in [4.78, 5) is 99.8. The molecule has 736 valence electrons. The van der Waals surface area contributed by atoms with Crippen LogP contribution in [0.1, 0.15) is 112 Å². The topological polar surface area (TPSA) is 431 Å². The van der Waals surface area contributed by atoms with Gasteiger partial charge in [-0.3, -0.25) is 14.6 Å². The number of carbonyl (C=O) groups excluding carboxylic acids is 1. The highest BCUT2D eigenvalue weighted by molar-refractivity contribution is 7.89. The Bertz CT molecular complexity index is 7350. The number of aromatic nitrogens is 15. The number of carbonyl (C=O) groups is 1. The SMILES string of the molecule is CC(=O)Cc1cccc(Nc2ncc3c(n2)-c2nc(CN(C)C)sc2CC3)c1.CN(C)Cc1nc2c(s1)CCc1cnc(Nc3cccc(S(N)(=O)=O)c3)nc1-2.Cc1cc(C)cc(Nc2ncc3c(n2)-c2nc(CN(C)C)sc2CC3)c1.Cc1cc(C)cc(Nc2ncc3c(n2)-c2nc(CN4CCNCC4)sc2CC3)c1.NS(=O)(=O)c1cccc(Nc2ncc3c(n2)-c2nc(CN4CCNCC4)sc2CC3)c1. The number of anilines is 10. The molecule has 10 aromatic heterocycles. The fourth-order valence-electron chi connectivity index (χ4n) is 17.8. The maximum absolute atomic E-state index is 11.6. The maximum atomic E-state index is 11.6. The molecule has 0 spiro atoms. The molecule has 0 saturated carbocycles. The van der Waals surface area contributed by atoms with E-state index in [0.717, 1.165) is 266 Å². The molecule has 0 atom stereocenters. The summed E-state index contributed by atoms with van der Waals surface area (Å²) in [6, 6.07) is 33.2. The summed E-state index contributed by atoms with van der Waals surface area (Å²) in [7, 11) is 4.74. The molecule has 41 heteroatoms. The fourth-order valence-corrected chi connectivity index (χ4v) is 24.8. The van der Waals surface area contributed by atoms with Crippen molar-refractivity contribution in [2.24, 2.45) is 10.3 Å². The number of ketones is 1. The van der Waals surface area contributed by atoms with Crippen LogP contribution in [-0.2, 0) is 128 Å². The number of hydrogen-bond acceptors (Lipinski definition) is 37. The number of benzene rings is 5. The molecule has 0 bridgehead atoms. The molecule has 2 saturated heterocycles. The van der Waals surface area contributed by atoms with E-state index >= 15 is 0 Å². The minimum atomic E-state index is -3.78. The number of aryl methyl sites for hydroxylation is 14. The van der Waals surface area contributed by atoms with E-state index in [1.807, 2.05) is 92.0 Å². The van der Waals surface area contributed by atoms with Crippen molar-refractivity contribution in [2.75, 3.05) is 121 Å². The molecule has 22 rings (SSSR count). The van der Waals surface area contributed by atoms with Gasteiger partial charge in [-0.1, -0.05) is 36.4 Å². The predicted molar refractivity (Wildman–Crippen MR) is 566 cm³/mol. The molecule has 142 heavy (non-hydrogen) atoms.